The molecule has 0 aliphatic carbocycles. The van der Waals surface area contributed by atoms with Crippen molar-refractivity contribution in [3.8, 4) is 5.75 Å². The van der Waals surface area contributed by atoms with Gasteiger partial charge in [0.15, 0.2) is 0 Å². The number of ether oxygens (including phenoxy) is 1. The molecule has 2 aromatic rings. The normalized spacial score (nSPS) is 19.8. The Morgan fingerprint density at radius 1 is 1.21 bits per heavy atom. The van der Waals surface area contributed by atoms with Crippen LogP contribution in [0.5, 0.6) is 5.75 Å². The van der Waals surface area contributed by atoms with Crippen molar-refractivity contribution in [2.24, 2.45) is 0 Å². The average molecular weight is 258 g/mol. The maximum absolute atomic E-state index is 5.51. The van der Waals surface area contributed by atoms with Crippen LogP contribution in [0.1, 0.15) is 42.1 Å². The number of methoxy groups -OCH3 is 1. The number of hydrogen-bond donors (Lipinski definition) is 2. The Morgan fingerprint density at radius 3 is 2.74 bits per heavy atom. The highest BCUT2D eigenvalue weighted by Crippen LogP contribution is 2.35. The zero-order valence-corrected chi connectivity index (χ0v) is 12.0. The van der Waals surface area contributed by atoms with Gasteiger partial charge in [0.05, 0.1) is 12.6 Å². The highest BCUT2D eigenvalue weighted by Gasteiger charge is 2.21. The lowest BCUT2D eigenvalue weighted by atomic mass is 9.99. The molecule has 0 spiro atoms. The fourth-order valence-corrected chi connectivity index (χ4v) is 3.16. The van der Waals surface area contributed by atoms with Crippen LogP contribution in [0.4, 0.5) is 0 Å². The van der Waals surface area contributed by atoms with Crippen LogP contribution in [0.3, 0.4) is 0 Å². The first-order valence-electron chi connectivity index (χ1n) is 7.11. The molecule has 0 bridgehead atoms. The van der Waals surface area contributed by atoms with Crippen LogP contribution in [0, 0.1) is 13.8 Å². The topological polar surface area (TPSA) is 37.0 Å². The van der Waals surface area contributed by atoms with Gasteiger partial charge in [-0.15, -0.1) is 0 Å². The Hall–Kier alpha value is -1.48. The quantitative estimate of drug-likeness (QED) is 0.863. The summed E-state index contributed by atoms with van der Waals surface area (Å²) in [5, 5.41) is 4.91. The molecule has 0 radical (unpaired) electrons. The summed E-state index contributed by atoms with van der Waals surface area (Å²) in [5.74, 6) is 0.945. The fraction of sp³-hybridized carbons (Fsp3) is 0.500. The number of hydrogen-bond acceptors (Lipinski definition) is 2. The van der Waals surface area contributed by atoms with Crippen LogP contribution in [0.2, 0.25) is 0 Å². The third-order valence-electron chi connectivity index (χ3n) is 4.19. The van der Waals surface area contributed by atoms with Crippen molar-refractivity contribution in [3.63, 3.8) is 0 Å². The molecule has 3 rings (SSSR count). The minimum absolute atomic E-state index is 0.464. The van der Waals surface area contributed by atoms with Crippen molar-refractivity contribution in [1.29, 1.82) is 0 Å². The van der Waals surface area contributed by atoms with Gasteiger partial charge < -0.3 is 15.0 Å². The van der Waals surface area contributed by atoms with Gasteiger partial charge in [-0.1, -0.05) is 6.42 Å². The molecule has 0 saturated carbocycles. The second-order valence-corrected chi connectivity index (χ2v) is 5.56. The summed E-state index contributed by atoms with van der Waals surface area (Å²) in [5.41, 5.74) is 5.07. The zero-order chi connectivity index (χ0) is 13.4. The standard InChI is InChI=1S/C16H22N2O/c1-10-8-12-11(2)15(13-6-4-5-7-17-13)18-16(12)14(9-10)19-3/h8-9,13,17-18H,4-7H2,1-3H3. The first-order valence-corrected chi connectivity index (χ1v) is 7.11. The molecule has 1 aromatic heterocycles. The molecule has 1 aromatic carbocycles. The first kappa shape index (κ1) is 12.5. The second-order valence-electron chi connectivity index (χ2n) is 5.56. The van der Waals surface area contributed by atoms with E-state index in [0.29, 0.717) is 6.04 Å². The molecule has 19 heavy (non-hydrogen) atoms. The van der Waals surface area contributed by atoms with E-state index in [4.69, 9.17) is 4.74 Å². The van der Waals surface area contributed by atoms with E-state index in [-0.39, 0.29) is 0 Å². The van der Waals surface area contributed by atoms with Gasteiger partial charge in [-0.25, -0.2) is 0 Å². The van der Waals surface area contributed by atoms with Gasteiger partial charge >= 0.3 is 0 Å². The molecule has 0 amide bonds. The van der Waals surface area contributed by atoms with E-state index in [1.54, 1.807) is 7.11 Å². The summed E-state index contributed by atoms with van der Waals surface area (Å²) in [4.78, 5) is 3.59. The van der Waals surface area contributed by atoms with Crippen LogP contribution in [-0.2, 0) is 0 Å². The number of rotatable bonds is 2. The number of nitrogens with one attached hydrogen (secondary N) is 2. The van der Waals surface area contributed by atoms with E-state index in [9.17, 15) is 0 Å². The summed E-state index contributed by atoms with van der Waals surface area (Å²) in [6, 6.07) is 4.80. The van der Waals surface area contributed by atoms with Crippen molar-refractivity contribution in [3.05, 3.63) is 29.0 Å². The molecule has 1 aliphatic rings. The van der Waals surface area contributed by atoms with Crippen molar-refractivity contribution in [1.82, 2.24) is 10.3 Å². The van der Waals surface area contributed by atoms with Crippen molar-refractivity contribution < 1.29 is 4.74 Å². The monoisotopic (exact) mass is 258 g/mol. The number of aromatic amines is 1. The third kappa shape index (κ3) is 2.12. The number of benzene rings is 1. The zero-order valence-electron chi connectivity index (χ0n) is 12.0. The van der Waals surface area contributed by atoms with Crippen LogP contribution in [-0.4, -0.2) is 18.6 Å². The second kappa shape index (κ2) is 4.89. The summed E-state index contributed by atoms with van der Waals surface area (Å²) in [7, 11) is 1.74. The molecule has 102 valence electrons. The molecular formula is C16H22N2O. The van der Waals surface area contributed by atoms with Gasteiger partial charge in [0.25, 0.3) is 0 Å². The number of fused-ring (bicyclic) bond motifs is 1. The van der Waals surface area contributed by atoms with Crippen LogP contribution < -0.4 is 10.1 Å². The summed E-state index contributed by atoms with van der Waals surface area (Å²) in [6.45, 7) is 5.45. The molecular weight excluding hydrogens is 236 g/mol. The Labute approximate surface area is 114 Å². The van der Waals surface area contributed by atoms with Gasteiger partial charge in [-0.3, -0.25) is 0 Å². The Balaban J connectivity index is 2.13. The minimum Gasteiger partial charge on any atom is -0.495 e. The van der Waals surface area contributed by atoms with Gasteiger partial charge in [-0.2, -0.15) is 0 Å². The van der Waals surface area contributed by atoms with Crippen LogP contribution >= 0.6 is 0 Å². The molecule has 3 nitrogen and oxygen atoms in total. The molecule has 1 fully saturated rings. The van der Waals surface area contributed by atoms with E-state index in [0.717, 1.165) is 17.8 Å². The van der Waals surface area contributed by atoms with Gasteiger partial charge in [0, 0.05) is 17.1 Å². The smallest absolute Gasteiger partial charge is 0.143 e. The van der Waals surface area contributed by atoms with Crippen molar-refractivity contribution in [2.45, 2.75) is 39.2 Å². The van der Waals surface area contributed by atoms with E-state index >= 15 is 0 Å². The predicted octanol–water partition coefficient (Wildman–Crippen LogP) is 3.61. The molecule has 1 aliphatic heterocycles. The number of piperidine rings is 1. The molecule has 2 heterocycles. The Bertz CT molecular complexity index is 594. The van der Waals surface area contributed by atoms with Crippen LogP contribution in [0.15, 0.2) is 12.1 Å². The van der Waals surface area contributed by atoms with E-state index < -0.39 is 0 Å². The molecule has 2 N–H and O–H groups in total. The fourth-order valence-electron chi connectivity index (χ4n) is 3.16. The number of aryl methyl sites for hydroxylation is 2. The minimum atomic E-state index is 0.464. The maximum atomic E-state index is 5.51. The Morgan fingerprint density at radius 2 is 2.05 bits per heavy atom. The third-order valence-corrected chi connectivity index (χ3v) is 4.19. The summed E-state index contributed by atoms with van der Waals surface area (Å²) >= 11 is 0. The van der Waals surface area contributed by atoms with Gasteiger partial charge in [-0.05, 0) is 56.5 Å². The van der Waals surface area contributed by atoms with Crippen molar-refractivity contribution in [2.75, 3.05) is 13.7 Å². The van der Waals surface area contributed by atoms with Gasteiger partial charge in [0.1, 0.15) is 5.75 Å². The van der Waals surface area contributed by atoms with Crippen molar-refractivity contribution >= 4 is 10.9 Å². The Kier molecular flexibility index (Phi) is 3.23. The van der Waals surface area contributed by atoms with E-state index in [1.165, 1.54) is 41.5 Å². The predicted molar refractivity (Wildman–Crippen MR) is 78.9 cm³/mol. The number of H-pyrrole nitrogens is 1. The van der Waals surface area contributed by atoms with E-state index in [1.807, 2.05) is 0 Å². The van der Waals surface area contributed by atoms with Crippen LogP contribution in [0.25, 0.3) is 10.9 Å². The SMILES string of the molecule is COc1cc(C)cc2c(C)c(C3CCCCN3)[nH]c12. The molecule has 1 saturated heterocycles. The lowest BCUT2D eigenvalue weighted by molar-refractivity contribution is 0.404. The van der Waals surface area contributed by atoms with Gasteiger partial charge in [0.2, 0.25) is 0 Å². The van der Waals surface area contributed by atoms with E-state index in [2.05, 4.69) is 36.3 Å². The molecule has 1 unspecified atom stereocenters. The summed E-state index contributed by atoms with van der Waals surface area (Å²) in [6.07, 6.45) is 3.82. The first-order chi connectivity index (χ1) is 9.20. The highest BCUT2D eigenvalue weighted by atomic mass is 16.5. The largest absolute Gasteiger partial charge is 0.495 e. The maximum Gasteiger partial charge on any atom is 0.143 e. The molecule has 1 atom stereocenters. The lowest BCUT2D eigenvalue weighted by Gasteiger charge is -2.23. The lowest BCUT2D eigenvalue weighted by Crippen LogP contribution is -2.27. The average Bonchev–Trinajstić information content (AvgIpc) is 2.76. The molecule has 3 heteroatoms. The summed E-state index contributed by atoms with van der Waals surface area (Å²) < 4.78 is 5.51. The number of aromatic nitrogens is 1. The highest BCUT2D eigenvalue weighted by molar-refractivity contribution is 5.90.